The summed E-state index contributed by atoms with van der Waals surface area (Å²) in [5.41, 5.74) is 0.385. The molecule has 0 spiro atoms. The van der Waals surface area contributed by atoms with Gasteiger partial charge in [-0.25, -0.2) is 8.78 Å². The summed E-state index contributed by atoms with van der Waals surface area (Å²) in [4.78, 5) is 24.1. The Hall–Kier alpha value is -4.57. The number of benzene rings is 2. The van der Waals surface area contributed by atoms with Gasteiger partial charge >= 0.3 is 6.01 Å². The summed E-state index contributed by atoms with van der Waals surface area (Å²) in [6.07, 6.45) is 14.4. The second-order valence-corrected chi connectivity index (χ2v) is 16.2. The number of phenolic OH excluding ortho intramolecular Hbond substituents is 1. The van der Waals surface area contributed by atoms with Crippen LogP contribution in [0.15, 0.2) is 36.9 Å². The molecule has 2 aliphatic heterocycles. The zero-order valence-corrected chi connectivity index (χ0v) is 31.7. The number of carbonyl (C=O) groups excluding carboxylic acids is 1. The first-order chi connectivity index (χ1) is 26.3. The summed E-state index contributed by atoms with van der Waals surface area (Å²) in [5, 5.41) is 30.2. The van der Waals surface area contributed by atoms with E-state index in [4.69, 9.17) is 25.9 Å². The van der Waals surface area contributed by atoms with Crippen LogP contribution in [0.3, 0.4) is 0 Å². The van der Waals surface area contributed by atoms with Crippen molar-refractivity contribution in [3.63, 3.8) is 0 Å². The number of fused-ring (bicyclic) bond motifs is 2. The van der Waals surface area contributed by atoms with E-state index in [1.165, 1.54) is 12.1 Å². The predicted molar refractivity (Wildman–Crippen MR) is 209 cm³/mol. The average Bonchev–Trinajstić information content (AvgIpc) is 3.80. The molecule has 1 saturated carbocycles. The van der Waals surface area contributed by atoms with E-state index in [9.17, 15) is 15.0 Å². The van der Waals surface area contributed by atoms with Crippen LogP contribution in [-0.4, -0.2) is 93.8 Å². The number of nitrogens with one attached hydrogen (secondary N) is 2. The summed E-state index contributed by atoms with van der Waals surface area (Å²) in [6, 6.07) is 6.16. The molecule has 2 saturated heterocycles. The summed E-state index contributed by atoms with van der Waals surface area (Å²) in [5.74, 6) is 2.37. The molecule has 2 aliphatic carbocycles. The van der Waals surface area contributed by atoms with Gasteiger partial charge in [-0.15, -0.1) is 6.42 Å². The Balaban J connectivity index is 1.28. The molecule has 4 N–H and O–H groups in total. The highest BCUT2D eigenvalue weighted by atomic mass is 19.1. The van der Waals surface area contributed by atoms with Crippen LogP contribution >= 0.6 is 0 Å². The zero-order chi connectivity index (χ0) is 39.0. The fraction of sp³-hybridized carbons (Fsp3) is 0.512. The van der Waals surface area contributed by atoms with Gasteiger partial charge in [-0.05, 0) is 99.2 Å². The minimum atomic E-state index is -1.33. The van der Waals surface area contributed by atoms with Crippen molar-refractivity contribution in [1.29, 1.82) is 0 Å². The highest BCUT2D eigenvalue weighted by Crippen LogP contribution is 2.45. The van der Waals surface area contributed by atoms with Crippen molar-refractivity contribution in [1.82, 2.24) is 20.2 Å². The van der Waals surface area contributed by atoms with Gasteiger partial charge in [-0.3, -0.25) is 9.69 Å². The number of aromatic nitrogens is 2. The molecule has 1 aromatic heterocycles. The number of aromatic hydroxyl groups is 1. The molecule has 0 radical (unpaired) electrons. The largest absolute Gasteiger partial charge is 0.508 e. The van der Waals surface area contributed by atoms with Crippen LogP contribution in [0, 0.1) is 23.6 Å². The van der Waals surface area contributed by atoms with Crippen LogP contribution in [0.25, 0.3) is 22.4 Å². The van der Waals surface area contributed by atoms with Crippen molar-refractivity contribution in [2.24, 2.45) is 5.41 Å². The lowest BCUT2D eigenvalue weighted by molar-refractivity contribution is -0.119. The normalized spacial score (nSPS) is 22.8. The highest BCUT2D eigenvalue weighted by Gasteiger charge is 2.57. The molecule has 7 rings (SSSR count). The van der Waals surface area contributed by atoms with E-state index in [1.807, 2.05) is 6.08 Å². The maximum Gasteiger partial charge on any atom is 0.318 e. The summed E-state index contributed by atoms with van der Waals surface area (Å²) in [6.45, 7) is 9.31. The van der Waals surface area contributed by atoms with E-state index in [0.29, 0.717) is 67.0 Å². The van der Waals surface area contributed by atoms with Crippen LogP contribution in [0.2, 0.25) is 0 Å². The van der Waals surface area contributed by atoms with Gasteiger partial charge in [-0.2, -0.15) is 9.97 Å². The third-order valence-electron chi connectivity index (χ3n) is 12.3. The van der Waals surface area contributed by atoms with Crippen molar-refractivity contribution in [2.45, 2.75) is 95.0 Å². The van der Waals surface area contributed by atoms with Gasteiger partial charge in [0.05, 0.1) is 22.4 Å². The number of rotatable bonds is 12. The minimum Gasteiger partial charge on any atom is -0.508 e. The molecule has 12 heteroatoms. The number of alkyl halides is 1. The lowest BCUT2D eigenvalue weighted by atomic mass is 9.79. The van der Waals surface area contributed by atoms with Crippen LogP contribution in [0.1, 0.15) is 87.6 Å². The van der Waals surface area contributed by atoms with E-state index in [0.717, 1.165) is 49.7 Å². The third-order valence-corrected chi connectivity index (χ3v) is 12.3. The number of anilines is 1. The second-order valence-electron chi connectivity index (χ2n) is 16.2. The van der Waals surface area contributed by atoms with Crippen molar-refractivity contribution in [3.8, 4) is 24.1 Å². The molecule has 3 fully saturated rings. The summed E-state index contributed by atoms with van der Waals surface area (Å²) >= 11 is 0. The molecule has 10 nitrogen and oxygen atoms in total. The Morgan fingerprint density at radius 1 is 1.20 bits per heavy atom. The first-order valence-electron chi connectivity index (χ1n) is 19.4. The molecule has 2 atom stereocenters. The number of nitrogens with zero attached hydrogens (tertiary/aromatic N) is 3. The molecule has 3 aromatic rings. The topological polar surface area (TPSA) is 129 Å². The molecule has 0 unspecified atom stereocenters. The zero-order valence-electron chi connectivity index (χ0n) is 31.7. The molecule has 0 bridgehead atoms. The number of hydrogen-bond acceptors (Lipinski definition) is 9. The molecule has 3 heterocycles. The lowest BCUT2D eigenvalue weighted by Gasteiger charge is -2.49. The number of terminal acetylenes is 1. The first-order valence-corrected chi connectivity index (χ1v) is 19.4. The Kier molecular flexibility index (Phi) is 10.9. The van der Waals surface area contributed by atoms with Gasteiger partial charge in [0.2, 0.25) is 5.91 Å². The van der Waals surface area contributed by atoms with Crippen LogP contribution in [0.5, 0.6) is 11.8 Å². The van der Waals surface area contributed by atoms with E-state index in [1.54, 1.807) is 32.0 Å². The van der Waals surface area contributed by atoms with E-state index >= 15 is 8.78 Å². The molecular formula is C43H51F2N5O5. The van der Waals surface area contributed by atoms with Crippen LogP contribution in [-0.2, 0) is 16.0 Å². The fourth-order valence-electron chi connectivity index (χ4n) is 9.28. The third kappa shape index (κ3) is 7.67. The van der Waals surface area contributed by atoms with E-state index in [-0.39, 0.29) is 54.3 Å². The smallest absolute Gasteiger partial charge is 0.318 e. The number of aliphatic hydroxyl groups is 1. The molecule has 2 aromatic carbocycles. The number of halogens is 2. The predicted octanol–water partition coefficient (Wildman–Crippen LogP) is 6.33. The minimum absolute atomic E-state index is 0.0238. The maximum atomic E-state index is 15.4. The molecule has 55 heavy (non-hydrogen) atoms. The van der Waals surface area contributed by atoms with Gasteiger partial charge in [-0.1, -0.05) is 31.4 Å². The second kappa shape index (κ2) is 15.5. The van der Waals surface area contributed by atoms with Crippen LogP contribution in [0.4, 0.5) is 14.6 Å². The van der Waals surface area contributed by atoms with Gasteiger partial charge in [0.1, 0.15) is 30.2 Å². The van der Waals surface area contributed by atoms with E-state index in [2.05, 4.69) is 28.0 Å². The number of carbonyl (C=O) groups is 1. The Morgan fingerprint density at radius 3 is 2.67 bits per heavy atom. The highest BCUT2D eigenvalue weighted by molar-refractivity contribution is 6.02. The average molecular weight is 756 g/mol. The number of allylic oxidation sites excluding steroid dienone is 1. The summed E-state index contributed by atoms with van der Waals surface area (Å²) in [7, 11) is 0. The number of likely N-dealkylation sites (tertiary alicyclic amines) is 1. The Labute approximate surface area is 321 Å². The van der Waals surface area contributed by atoms with Gasteiger partial charge < -0.3 is 30.3 Å². The van der Waals surface area contributed by atoms with Gasteiger partial charge in [0.15, 0.2) is 0 Å². The van der Waals surface area contributed by atoms with Crippen LogP contribution < -0.4 is 15.4 Å². The number of amides is 1. The maximum absolute atomic E-state index is 15.4. The Bertz CT molecular complexity index is 2030. The number of phenols is 1. The molecule has 1 amide bonds. The van der Waals surface area contributed by atoms with Crippen molar-refractivity contribution < 1.29 is 33.3 Å². The summed E-state index contributed by atoms with van der Waals surface area (Å²) < 4.78 is 42.6. The monoisotopic (exact) mass is 755 g/mol. The molecular weight excluding hydrogens is 704 g/mol. The first kappa shape index (κ1) is 38.7. The SMILES string of the molecule is C#Cc1c(F)ccc2cc(O)cc(C3=Cc4nc(OC[C@]5(C(C)(C)O)C[C@@H](F)CN5C5CCOCC5)nc(NCC5(CNC(=O)C=C)CCCC5)c4CC3)c12. The Morgan fingerprint density at radius 2 is 1.96 bits per heavy atom. The number of ether oxygens (including phenoxy) is 2. The van der Waals surface area contributed by atoms with E-state index < -0.39 is 23.1 Å². The van der Waals surface area contributed by atoms with Crippen molar-refractivity contribution in [2.75, 3.05) is 44.8 Å². The molecule has 292 valence electrons. The molecule has 4 aliphatic rings. The van der Waals surface area contributed by atoms with Crippen molar-refractivity contribution >= 4 is 34.1 Å². The quantitative estimate of drug-likeness (QED) is 0.124. The fourth-order valence-corrected chi connectivity index (χ4v) is 9.28. The van der Waals surface area contributed by atoms with Gasteiger partial charge in [0.25, 0.3) is 0 Å². The van der Waals surface area contributed by atoms with Gasteiger partial charge in [0, 0.05) is 61.7 Å². The number of hydrogen-bond donors (Lipinski definition) is 4. The lowest BCUT2D eigenvalue weighted by Crippen LogP contribution is -2.65. The van der Waals surface area contributed by atoms with Crippen molar-refractivity contribution in [3.05, 3.63) is 65.1 Å². The standard InChI is InChI=1S/C43H51F2N5O5/c1-5-32-35(45)12-10-28-19-31(51)21-34(38(28)32)27-9-11-33-36(20-27)48-40(49-39(33)47-25-42(15-7-8-16-42)24-46-37(52)6-2)55-26-43(41(3,4)53)22-29(44)23-50(43)30-13-17-54-18-14-30/h1,6,10,12,19-21,29-30,51,53H,2,7-9,11,13-18,22-26H2,3-4H3,(H,46,52)(H,47,48,49)/t29-,43+/m1/s1.